The third-order valence-electron chi connectivity index (χ3n) is 2.43. The molecule has 0 aromatic carbocycles. The van der Waals surface area contributed by atoms with Gasteiger partial charge in [-0.15, -0.1) is 0 Å². The molecule has 0 aromatic rings. The predicted octanol–water partition coefficient (Wildman–Crippen LogP) is 1.31. The first-order chi connectivity index (χ1) is 7.60. The van der Waals surface area contributed by atoms with Gasteiger partial charge in [0.1, 0.15) is 0 Å². The first kappa shape index (κ1) is 12.5. The lowest BCUT2D eigenvalue weighted by molar-refractivity contribution is -0.139. The molecule has 0 unspecified atom stereocenters. The Morgan fingerprint density at radius 1 is 1.44 bits per heavy atom. The number of allylic oxidation sites excluding steroid dienone is 1. The Morgan fingerprint density at radius 3 is 2.69 bits per heavy atom. The fourth-order valence-electron chi connectivity index (χ4n) is 1.77. The maximum Gasteiger partial charge on any atom is 0.337 e. The van der Waals surface area contributed by atoms with Crippen LogP contribution >= 0.6 is 0 Å². The molecule has 1 aliphatic rings. The Balaban J connectivity index is 2.92. The lowest BCUT2D eigenvalue weighted by atomic mass is 9.99. The van der Waals surface area contributed by atoms with Crippen LogP contribution in [0, 0.1) is 0 Å². The Bertz CT molecular complexity index is 323. The summed E-state index contributed by atoms with van der Waals surface area (Å²) < 4.78 is 4.98. The average Bonchev–Trinajstić information content (AvgIpc) is 2.17. The molecule has 0 aliphatic carbocycles. The predicted molar refractivity (Wildman–Crippen MR) is 59.7 cm³/mol. The van der Waals surface area contributed by atoms with Gasteiger partial charge in [0.25, 0.3) is 0 Å². The summed E-state index contributed by atoms with van der Waals surface area (Å²) in [7, 11) is 0. The van der Waals surface area contributed by atoms with Crippen molar-refractivity contribution >= 4 is 12.0 Å². The van der Waals surface area contributed by atoms with E-state index in [4.69, 9.17) is 4.74 Å². The van der Waals surface area contributed by atoms with Gasteiger partial charge in [-0.3, -0.25) is 0 Å². The fraction of sp³-hybridized carbons (Fsp3) is 0.636. The summed E-state index contributed by atoms with van der Waals surface area (Å²) in [5.74, 6) is -0.356. The van der Waals surface area contributed by atoms with Crippen LogP contribution in [0.5, 0.6) is 0 Å². The molecule has 1 rings (SSSR count). The second-order valence-corrected chi connectivity index (χ2v) is 3.70. The highest BCUT2D eigenvalue weighted by Crippen LogP contribution is 2.17. The van der Waals surface area contributed by atoms with Crippen LogP contribution in [-0.2, 0) is 9.53 Å². The van der Waals surface area contributed by atoms with E-state index in [0.717, 1.165) is 12.8 Å². The summed E-state index contributed by atoms with van der Waals surface area (Å²) in [6.07, 6.45) is 1.63. The standard InChI is InChI=1S/C11H18N2O3/c1-4-6-8-9(10(14)16-5-2)7(3)12-11(15)13-8/h8H,4-6H2,1-3H3,(H2,12,13,15)/t8-/m1/s1. The topological polar surface area (TPSA) is 67.4 Å². The molecule has 16 heavy (non-hydrogen) atoms. The minimum atomic E-state index is -0.356. The molecule has 0 bridgehead atoms. The zero-order valence-corrected chi connectivity index (χ0v) is 9.92. The molecular weight excluding hydrogens is 208 g/mol. The molecule has 90 valence electrons. The maximum absolute atomic E-state index is 11.7. The number of nitrogens with one attached hydrogen (secondary N) is 2. The van der Waals surface area contributed by atoms with Gasteiger partial charge in [0.2, 0.25) is 0 Å². The van der Waals surface area contributed by atoms with Crippen LogP contribution in [0.1, 0.15) is 33.6 Å². The number of ether oxygens (including phenoxy) is 1. The maximum atomic E-state index is 11.7. The summed E-state index contributed by atoms with van der Waals surface area (Å²) in [4.78, 5) is 23.0. The van der Waals surface area contributed by atoms with Gasteiger partial charge in [-0.1, -0.05) is 13.3 Å². The Hall–Kier alpha value is -1.52. The smallest absolute Gasteiger partial charge is 0.337 e. The van der Waals surface area contributed by atoms with Crippen LogP contribution in [0.15, 0.2) is 11.3 Å². The van der Waals surface area contributed by atoms with Gasteiger partial charge in [0.05, 0.1) is 18.2 Å². The van der Waals surface area contributed by atoms with Crippen LogP contribution in [0.25, 0.3) is 0 Å². The number of esters is 1. The molecule has 0 spiro atoms. The number of amides is 2. The van der Waals surface area contributed by atoms with Crippen molar-refractivity contribution in [3.05, 3.63) is 11.3 Å². The molecule has 0 aromatic heterocycles. The van der Waals surface area contributed by atoms with E-state index < -0.39 is 0 Å². The van der Waals surface area contributed by atoms with Gasteiger partial charge in [0.15, 0.2) is 0 Å². The van der Waals surface area contributed by atoms with Crippen molar-refractivity contribution in [2.75, 3.05) is 6.61 Å². The van der Waals surface area contributed by atoms with E-state index in [0.29, 0.717) is 17.9 Å². The number of hydrogen-bond donors (Lipinski definition) is 2. The number of carbonyl (C=O) groups excluding carboxylic acids is 2. The van der Waals surface area contributed by atoms with Gasteiger partial charge < -0.3 is 15.4 Å². The van der Waals surface area contributed by atoms with Gasteiger partial charge in [-0.2, -0.15) is 0 Å². The Kier molecular flexibility index (Phi) is 4.34. The van der Waals surface area contributed by atoms with Crippen molar-refractivity contribution < 1.29 is 14.3 Å². The minimum absolute atomic E-state index is 0.238. The van der Waals surface area contributed by atoms with E-state index in [1.54, 1.807) is 13.8 Å². The van der Waals surface area contributed by atoms with Crippen molar-refractivity contribution in [3.8, 4) is 0 Å². The third-order valence-corrected chi connectivity index (χ3v) is 2.43. The summed E-state index contributed by atoms with van der Waals surface area (Å²) >= 11 is 0. The second-order valence-electron chi connectivity index (χ2n) is 3.70. The summed E-state index contributed by atoms with van der Waals surface area (Å²) in [5, 5.41) is 5.31. The SMILES string of the molecule is CCC[C@H]1NC(=O)NC(C)=C1C(=O)OCC. The van der Waals surface area contributed by atoms with Crippen LogP contribution < -0.4 is 10.6 Å². The molecule has 1 atom stereocenters. The summed E-state index contributed by atoms with van der Waals surface area (Å²) in [6.45, 7) is 5.82. The van der Waals surface area contributed by atoms with Gasteiger partial charge >= 0.3 is 12.0 Å². The highest BCUT2D eigenvalue weighted by Gasteiger charge is 2.29. The van der Waals surface area contributed by atoms with Crippen molar-refractivity contribution in [2.45, 2.75) is 39.7 Å². The average molecular weight is 226 g/mol. The van der Waals surface area contributed by atoms with Crippen molar-refractivity contribution in [1.82, 2.24) is 10.6 Å². The zero-order chi connectivity index (χ0) is 12.1. The van der Waals surface area contributed by atoms with Crippen LogP contribution in [0.3, 0.4) is 0 Å². The first-order valence-corrected chi connectivity index (χ1v) is 5.55. The summed E-state index contributed by atoms with van der Waals surface area (Å²) in [5.41, 5.74) is 1.11. The highest BCUT2D eigenvalue weighted by atomic mass is 16.5. The molecule has 2 N–H and O–H groups in total. The lowest BCUT2D eigenvalue weighted by Crippen LogP contribution is -2.49. The van der Waals surface area contributed by atoms with Gasteiger partial charge in [-0.25, -0.2) is 9.59 Å². The minimum Gasteiger partial charge on any atom is -0.463 e. The number of carbonyl (C=O) groups is 2. The molecule has 2 amide bonds. The van der Waals surface area contributed by atoms with Crippen molar-refractivity contribution in [3.63, 3.8) is 0 Å². The highest BCUT2D eigenvalue weighted by molar-refractivity contribution is 5.94. The van der Waals surface area contributed by atoms with E-state index in [1.165, 1.54) is 0 Å². The third kappa shape index (κ3) is 2.74. The zero-order valence-electron chi connectivity index (χ0n) is 9.92. The van der Waals surface area contributed by atoms with E-state index in [2.05, 4.69) is 10.6 Å². The lowest BCUT2D eigenvalue weighted by Gasteiger charge is -2.27. The van der Waals surface area contributed by atoms with E-state index in [-0.39, 0.29) is 18.0 Å². The van der Waals surface area contributed by atoms with E-state index in [1.807, 2.05) is 6.92 Å². The Morgan fingerprint density at radius 2 is 2.12 bits per heavy atom. The van der Waals surface area contributed by atoms with E-state index in [9.17, 15) is 9.59 Å². The monoisotopic (exact) mass is 226 g/mol. The molecule has 0 fully saturated rings. The number of hydrogen-bond acceptors (Lipinski definition) is 3. The molecule has 1 heterocycles. The Labute approximate surface area is 95.2 Å². The van der Waals surface area contributed by atoms with Crippen LogP contribution in [0.2, 0.25) is 0 Å². The molecule has 5 nitrogen and oxygen atoms in total. The quantitative estimate of drug-likeness (QED) is 0.710. The van der Waals surface area contributed by atoms with Crippen LogP contribution in [-0.4, -0.2) is 24.6 Å². The molecular formula is C11H18N2O3. The molecule has 0 saturated heterocycles. The van der Waals surface area contributed by atoms with Crippen molar-refractivity contribution in [2.24, 2.45) is 0 Å². The van der Waals surface area contributed by atoms with Crippen molar-refractivity contribution in [1.29, 1.82) is 0 Å². The first-order valence-electron chi connectivity index (χ1n) is 5.55. The normalized spacial score (nSPS) is 20.2. The van der Waals surface area contributed by atoms with E-state index >= 15 is 0 Å². The molecule has 0 radical (unpaired) electrons. The van der Waals surface area contributed by atoms with Gasteiger partial charge in [0, 0.05) is 5.70 Å². The number of rotatable bonds is 4. The molecule has 1 aliphatic heterocycles. The molecule has 0 saturated carbocycles. The second kappa shape index (κ2) is 5.53. The summed E-state index contributed by atoms with van der Waals surface area (Å²) in [6, 6.07) is -0.498. The molecule has 5 heteroatoms. The number of urea groups is 1. The fourth-order valence-corrected chi connectivity index (χ4v) is 1.77. The largest absolute Gasteiger partial charge is 0.463 e. The van der Waals surface area contributed by atoms with Gasteiger partial charge in [-0.05, 0) is 20.3 Å². The van der Waals surface area contributed by atoms with Crippen LogP contribution in [0.4, 0.5) is 4.79 Å².